The summed E-state index contributed by atoms with van der Waals surface area (Å²) in [5, 5.41) is 4.23. The molecule has 0 amide bonds. The first-order valence-corrected chi connectivity index (χ1v) is 4.08. The van der Waals surface area contributed by atoms with Gasteiger partial charge in [-0.3, -0.25) is 0 Å². The van der Waals surface area contributed by atoms with Gasteiger partial charge in [0.05, 0.1) is 19.4 Å². The Morgan fingerprint density at radius 3 is 2.77 bits per heavy atom. The molecular weight excluding hydrogens is 170 g/mol. The van der Waals surface area contributed by atoms with E-state index < -0.39 is 0 Å². The number of methoxy groups -OCH3 is 1. The summed E-state index contributed by atoms with van der Waals surface area (Å²) in [4.78, 5) is 4.52. The topological polar surface area (TPSA) is 62.3 Å². The zero-order valence-corrected chi connectivity index (χ0v) is 8.20. The van der Waals surface area contributed by atoms with Crippen molar-refractivity contribution in [3.63, 3.8) is 0 Å². The molecule has 0 saturated carbocycles. The molecule has 0 aliphatic carbocycles. The monoisotopic (exact) mass is 185 g/mol. The predicted octanol–water partition coefficient (Wildman–Crippen LogP) is 0.170. The molecule has 0 spiro atoms. The van der Waals surface area contributed by atoms with Crippen molar-refractivity contribution < 1.29 is 9.57 Å². The van der Waals surface area contributed by atoms with E-state index in [1.807, 2.05) is 14.0 Å². The summed E-state index contributed by atoms with van der Waals surface area (Å²) in [6.45, 7) is 2.41. The van der Waals surface area contributed by atoms with Crippen LogP contribution in [0.4, 0.5) is 0 Å². The van der Waals surface area contributed by atoms with Gasteiger partial charge in [-0.2, -0.15) is 5.10 Å². The fourth-order valence-corrected chi connectivity index (χ4v) is 1.38. The van der Waals surface area contributed by atoms with Gasteiger partial charge in [0.25, 0.3) is 0 Å². The Bertz CT molecular complexity index is 283. The van der Waals surface area contributed by atoms with Gasteiger partial charge in [-0.25, -0.2) is 10.6 Å². The highest BCUT2D eigenvalue weighted by atomic mass is 16.6. The highest BCUT2D eigenvalue weighted by Crippen LogP contribution is 2.20. The Labute approximate surface area is 77.4 Å². The summed E-state index contributed by atoms with van der Waals surface area (Å²) >= 11 is 0. The molecule has 2 N–H and O–H groups in total. The highest BCUT2D eigenvalue weighted by molar-refractivity contribution is 5.30. The van der Waals surface area contributed by atoms with Crippen molar-refractivity contribution >= 4 is 0 Å². The Morgan fingerprint density at radius 2 is 2.23 bits per heavy atom. The summed E-state index contributed by atoms with van der Waals surface area (Å²) in [7, 11) is 3.47. The van der Waals surface area contributed by atoms with Crippen LogP contribution in [0.15, 0.2) is 0 Å². The third kappa shape index (κ3) is 1.99. The van der Waals surface area contributed by atoms with Gasteiger partial charge in [0.2, 0.25) is 5.88 Å². The number of nitrogens with two attached hydrogens (primary N) is 1. The number of rotatable bonds is 4. The molecule has 0 aliphatic rings. The van der Waals surface area contributed by atoms with Crippen molar-refractivity contribution in [3.05, 3.63) is 11.3 Å². The average molecular weight is 185 g/mol. The smallest absolute Gasteiger partial charge is 0.214 e. The lowest BCUT2D eigenvalue weighted by Crippen LogP contribution is -2.05. The van der Waals surface area contributed by atoms with Gasteiger partial charge in [0.1, 0.15) is 0 Å². The Morgan fingerprint density at radius 1 is 1.54 bits per heavy atom. The average Bonchev–Trinajstić information content (AvgIpc) is 2.37. The van der Waals surface area contributed by atoms with E-state index in [-0.39, 0.29) is 0 Å². The van der Waals surface area contributed by atoms with E-state index in [4.69, 9.17) is 10.6 Å². The van der Waals surface area contributed by atoms with Gasteiger partial charge >= 0.3 is 0 Å². The van der Waals surface area contributed by atoms with Crippen molar-refractivity contribution in [2.75, 3.05) is 13.7 Å². The maximum Gasteiger partial charge on any atom is 0.214 e. The second-order valence-electron chi connectivity index (χ2n) is 2.82. The fourth-order valence-electron chi connectivity index (χ4n) is 1.38. The first-order chi connectivity index (χ1) is 6.20. The maximum atomic E-state index is 5.20. The number of nitrogens with zero attached hydrogens (tertiary/aromatic N) is 2. The molecule has 5 nitrogen and oxygen atoms in total. The quantitative estimate of drug-likeness (QED) is 0.679. The fraction of sp³-hybridized carbons (Fsp3) is 0.625. The molecule has 1 rings (SSSR count). The van der Waals surface area contributed by atoms with E-state index in [1.54, 1.807) is 11.8 Å². The predicted molar refractivity (Wildman–Crippen MR) is 48.3 cm³/mol. The number of hydrogen-bond donors (Lipinski definition) is 1. The van der Waals surface area contributed by atoms with E-state index in [9.17, 15) is 0 Å². The lowest BCUT2D eigenvalue weighted by molar-refractivity contribution is 0.140. The molecule has 5 heteroatoms. The van der Waals surface area contributed by atoms with Crippen LogP contribution in [-0.2, 0) is 18.3 Å². The van der Waals surface area contributed by atoms with Crippen molar-refractivity contribution in [2.45, 2.75) is 13.3 Å². The normalized spacial score (nSPS) is 10.5. The molecule has 0 fully saturated rings. The van der Waals surface area contributed by atoms with Crippen LogP contribution < -0.4 is 10.6 Å². The van der Waals surface area contributed by atoms with Crippen LogP contribution in [0.25, 0.3) is 0 Å². The lowest BCUT2D eigenvalue weighted by atomic mass is 10.2. The summed E-state index contributed by atoms with van der Waals surface area (Å²) in [6.07, 6.45) is 0.722. The van der Waals surface area contributed by atoms with Crippen molar-refractivity contribution in [1.82, 2.24) is 9.78 Å². The minimum absolute atomic E-state index is 0.475. The largest absolute Gasteiger partial charge is 0.481 e. The second-order valence-corrected chi connectivity index (χ2v) is 2.82. The first-order valence-electron chi connectivity index (χ1n) is 4.08. The third-order valence-electron chi connectivity index (χ3n) is 1.95. The van der Waals surface area contributed by atoms with Gasteiger partial charge in [0, 0.05) is 19.0 Å². The van der Waals surface area contributed by atoms with Crippen LogP contribution in [-0.4, -0.2) is 23.5 Å². The maximum absolute atomic E-state index is 5.20. The molecule has 0 saturated heterocycles. The van der Waals surface area contributed by atoms with Crippen LogP contribution in [0.2, 0.25) is 0 Å². The molecule has 0 aliphatic heterocycles. The second kappa shape index (κ2) is 4.25. The van der Waals surface area contributed by atoms with E-state index in [2.05, 4.69) is 9.94 Å². The Hall–Kier alpha value is -1.07. The molecule has 1 heterocycles. The van der Waals surface area contributed by atoms with E-state index in [1.165, 1.54) is 0 Å². The van der Waals surface area contributed by atoms with Gasteiger partial charge in [-0.05, 0) is 6.92 Å². The van der Waals surface area contributed by atoms with E-state index in [0.717, 1.165) is 23.6 Å². The highest BCUT2D eigenvalue weighted by Gasteiger charge is 2.12. The van der Waals surface area contributed by atoms with Crippen molar-refractivity contribution in [3.8, 4) is 5.88 Å². The van der Waals surface area contributed by atoms with E-state index >= 15 is 0 Å². The zero-order valence-electron chi connectivity index (χ0n) is 8.20. The van der Waals surface area contributed by atoms with Gasteiger partial charge in [-0.15, -0.1) is 0 Å². The first kappa shape index (κ1) is 10.0. The Balaban J connectivity index is 2.89. The molecule has 0 radical (unpaired) electrons. The van der Waals surface area contributed by atoms with Crippen LogP contribution in [0, 0.1) is 6.92 Å². The molecule has 0 unspecified atom stereocenters. The number of hydrogen-bond acceptors (Lipinski definition) is 4. The molecule has 1 aromatic rings. The van der Waals surface area contributed by atoms with Crippen LogP contribution >= 0.6 is 0 Å². The van der Waals surface area contributed by atoms with Gasteiger partial charge in [-0.1, -0.05) is 0 Å². The molecule has 0 aromatic carbocycles. The van der Waals surface area contributed by atoms with E-state index in [0.29, 0.717) is 6.61 Å². The van der Waals surface area contributed by atoms with Crippen LogP contribution in [0.1, 0.15) is 11.3 Å². The number of aryl methyl sites for hydroxylation is 2. The van der Waals surface area contributed by atoms with Crippen LogP contribution in [0.5, 0.6) is 5.88 Å². The van der Waals surface area contributed by atoms with Crippen molar-refractivity contribution in [1.29, 1.82) is 0 Å². The molecule has 74 valence electrons. The SMILES string of the molecule is COc1c(CCON)c(C)nn1C. The number of ether oxygens (including phenoxy) is 1. The minimum Gasteiger partial charge on any atom is -0.481 e. The van der Waals surface area contributed by atoms with Gasteiger partial charge < -0.3 is 9.57 Å². The standard InChI is InChI=1S/C8H15N3O2/c1-6-7(4-5-13-9)8(12-3)11(2)10-6/h4-5,9H2,1-3H3. The molecule has 1 aromatic heterocycles. The summed E-state index contributed by atoms with van der Waals surface area (Å²) in [5.74, 6) is 5.73. The summed E-state index contributed by atoms with van der Waals surface area (Å²) in [5.41, 5.74) is 2.01. The van der Waals surface area contributed by atoms with Crippen molar-refractivity contribution in [2.24, 2.45) is 12.9 Å². The minimum atomic E-state index is 0.475. The number of aromatic nitrogens is 2. The molecule has 13 heavy (non-hydrogen) atoms. The zero-order chi connectivity index (χ0) is 9.84. The van der Waals surface area contributed by atoms with Crippen LogP contribution in [0.3, 0.4) is 0 Å². The Kier molecular flexibility index (Phi) is 3.27. The van der Waals surface area contributed by atoms with Gasteiger partial charge in [0.15, 0.2) is 0 Å². The lowest BCUT2D eigenvalue weighted by Gasteiger charge is -2.03. The molecular formula is C8H15N3O2. The molecule has 0 bridgehead atoms. The third-order valence-corrected chi connectivity index (χ3v) is 1.95. The molecule has 0 atom stereocenters. The summed E-state index contributed by atoms with van der Waals surface area (Å²) in [6, 6.07) is 0. The summed E-state index contributed by atoms with van der Waals surface area (Å²) < 4.78 is 6.91.